The van der Waals surface area contributed by atoms with Crippen LogP contribution in [0.4, 0.5) is 0 Å². The van der Waals surface area contributed by atoms with Crippen LogP contribution in [0.3, 0.4) is 0 Å². The van der Waals surface area contributed by atoms with E-state index >= 15 is 0 Å². The summed E-state index contributed by atoms with van der Waals surface area (Å²) in [6.45, 7) is 0. The predicted molar refractivity (Wildman–Crippen MR) is 45.7 cm³/mol. The highest BCUT2D eigenvalue weighted by atomic mass is 32.2. The number of aliphatic imine (C=N–C) groups is 1. The van der Waals surface area contributed by atoms with Crippen LogP contribution < -0.4 is 5.73 Å². The Labute approximate surface area is 73.6 Å². The first-order chi connectivity index (χ1) is 5.68. The zero-order valence-electron chi connectivity index (χ0n) is 6.32. The van der Waals surface area contributed by atoms with Gasteiger partial charge >= 0.3 is 5.91 Å². The molecule has 0 unspecified atom stereocenters. The summed E-state index contributed by atoms with van der Waals surface area (Å²) in [6.07, 6.45) is 2.06. The van der Waals surface area contributed by atoms with Crippen LogP contribution in [0, 0.1) is 5.92 Å². The summed E-state index contributed by atoms with van der Waals surface area (Å²) in [4.78, 5) is 25.5. The number of hydrogen-bond donors (Lipinski definition) is 1. The molecule has 1 atom stereocenters. The zero-order chi connectivity index (χ0) is 8.72. The van der Waals surface area contributed by atoms with Crippen LogP contribution >= 0.6 is 11.8 Å². The molecule has 1 heterocycles. The number of ketones is 1. The normalized spacial score (nSPS) is 30.3. The molecule has 2 N–H and O–H groups in total. The maximum absolute atomic E-state index is 11.2. The third-order valence-electron chi connectivity index (χ3n) is 1.98. The van der Waals surface area contributed by atoms with Gasteiger partial charge in [-0.15, -0.1) is 0 Å². The van der Waals surface area contributed by atoms with Crippen LogP contribution in [0.25, 0.3) is 0 Å². The Hall–Kier alpha value is -0.840. The lowest BCUT2D eigenvalue weighted by Crippen LogP contribution is -2.34. The van der Waals surface area contributed by atoms with E-state index in [1.54, 1.807) is 0 Å². The molecule has 5 heteroatoms. The van der Waals surface area contributed by atoms with E-state index in [4.69, 9.17) is 5.73 Å². The van der Waals surface area contributed by atoms with Gasteiger partial charge in [0.2, 0.25) is 5.78 Å². The van der Waals surface area contributed by atoms with Gasteiger partial charge in [0, 0.05) is 0 Å². The second-order valence-corrected chi connectivity index (χ2v) is 4.16. The molecule has 2 aliphatic rings. The molecule has 12 heavy (non-hydrogen) atoms. The Balaban J connectivity index is 2.21. The van der Waals surface area contributed by atoms with Crippen molar-refractivity contribution < 1.29 is 9.59 Å². The van der Waals surface area contributed by atoms with Crippen LogP contribution in [-0.2, 0) is 9.59 Å². The van der Waals surface area contributed by atoms with Gasteiger partial charge in [-0.25, -0.2) is 0 Å². The van der Waals surface area contributed by atoms with E-state index in [1.165, 1.54) is 11.8 Å². The largest absolute Gasteiger partial charge is 0.378 e. The summed E-state index contributed by atoms with van der Waals surface area (Å²) in [5, 5.41) is -0.00787. The Morgan fingerprint density at radius 3 is 2.67 bits per heavy atom. The fourth-order valence-electron chi connectivity index (χ4n) is 1.20. The molecular formula is C7H8N2O2S. The Kier molecular flexibility index (Phi) is 1.68. The molecule has 2 rings (SSSR count). The molecule has 0 aromatic heterocycles. The molecule has 1 aliphatic heterocycles. The van der Waals surface area contributed by atoms with E-state index in [1.807, 2.05) is 0 Å². The van der Waals surface area contributed by atoms with Gasteiger partial charge in [-0.2, -0.15) is 4.99 Å². The molecular weight excluding hydrogens is 176 g/mol. The third kappa shape index (κ3) is 1.24. The van der Waals surface area contributed by atoms with Crippen LogP contribution in [0.5, 0.6) is 0 Å². The van der Waals surface area contributed by atoms with E-state index in [0.29, 0.717) is 5.92 Å². The lowest BCUT2D eigenvalue weighted by Gasteiger charge is -2.15. The van der Waals surface area contributed by atoms with Crippen molar-refractivity contribution in [2.24, 2.45) is 16.6 Å². The first kappa shape index (κ1) is 7.79. The monoisotopic (exact) mass is 184 g/mol. The number of hydrogen-bond acceptors (Lipinski definition) is 4. The molecule has 1 fully saturated rings. The number of carbonyl (C=O) groups excluding carboxylic acids is 2. The minimum Gasteiger partial charge on any atom is -0.378 e. The van der Waals surface area contributed by atoms with E-state index in [0.717, 1.165) is 12.8 Å². The minimum atomic E-state index is -0.678. The van der Waals surface area contributed by atoms with Crippen molar-refractivity contribution in [1.29, 1.82) is 0 Å². The molecule has 0 bridgehead atoms. The molecule has 0 saturated heterocycles. The van der Waals surface area contributed by atoms with E-state index in [-0.39, 0.29) is 16.2 Å². The fourth-order valence-corrected chi connectivity index (χ4v) is 2.26. The van der Waals surface area contributed by atoms with Crippen LogP contribution in [0.15, 0.2) is 4.99 Å². The lowest BCUT2D eigenvalue weighted by molar-refractivity contribution is -0.135. The van der Waals surface area contributed by atoms with Gasteiger partial charge in [0.05, 0.1) is 5.25 Å². The summed E-state index contributed by atoms with van der Waals surface area (Å²) in [5.41, 5.74) is 5.38. The first-order valence-corrected chi connectivity index (χ1v) is 4.65. The summed E-state index contributed by atoms with van der Waals surface area (Å²) in [7, 11) is 0. The van der Waals surface area contributed by atoms with Crippen molar-refractivity contribution >= 4 is 28.6 Å². The minimum absolute atomic E-state index is 0.233. The quantitative estimate of drug-likeness (QED) is 0.578. The summed E-state index contributed by atoms with van der Waals surface area (Å²) >= 11 is 1.23. The number of nitrogens with two attached hydrogens (primary N) is 1. The SMILES string of the molecule is NC1=NC(=O)C(=O)[C@@H](C2CC2)S1. The van der Waals surface area contributed by atoms with E-state index in [2.05, 4.69) is 4.99 Å². The molecule has 1 amide bonds. The van der Waals surface area contributed by atoms with Crippen molar-refractivity contribution in [3.05, 3.63) is 0 Å². The second kappa shape index (κ2) is 2.58. The lowest BCUT2D eigenvalue weighted by atomic mass is 10.2. The predicted octanol–water partition coefficient (Wildman–Crippen LogP) is -0.0778. The molecule has 0 radical (unpaired) electrons. The third-order valence-corrected chi connectivity index (χ3v) is 3.16. The topological polar surface area (TPSA) is 72.5 Å². The van der Waals surface area contributed by atoms with Gasteiger partial charge in [0.15, 0.2) is 5.17 Å². The van der Waals surface area contributed by atoms with Gasteiger partial charge in [-0.05, 0) is 18.8 Å². The van der Waals surface area contributed by atoms with Crippen molar-refractivity contribution in [2.45, 2.75) is 18.1 Å². The molecule has 1 aliphatic carbocycles. The second-order valence-electron chi connectivity index (χ2n) is 3.00. The summed E-state index contributed by atoms with van der Waals surface area (Å²) in [6, 6.07) is 0. The van der Waals surface area contributed by atoms with Crippen molar-refractivity contribution in [1.82, 2.24) is 0 Å². The Morgan fingerprint density at radius 2 is 2.08 bits per heavy atom. The Morgan fingerprint density at radius 1 is 1.42 bits per heavy atom. The zero-order valence-corrected chi connectivity index (χ0v) is 7.13. The maximum Gasteiger partial charge on any atom is 0.316 e. The molecule has 1 saturated carbocycles. The number of nitrogens with zero attached hydrogens (tertiary/aromatic N) is 1. The molecule has 0 aromatic carbocycles. The van der Waals surface area contributed by atoms with Gasteiger partial charge < -0.3 is 5.73 Å². The fraction of sp³-hybridized carbons (Fsp3) is 0.571. The number of amides is 1. The number of amidine groups is 1. The maximum atomic E-state index is 11.2. The number of rotatable bonds is 1. The smallest absolute Gasteiger partial charge is 0.316 e. The number of carbonyl (C=O) groups is 2. The standard InChI is InChI=1S/C7H8N2O2S/c8-7-9-6(11)4(10)5(12-7)3-1-2-3/h3,5H,1-2H2,(H2,8,9,11)/t5-/m1/s1. The summed E-state index contributed by atoms with van der Waals surface area (Å²) in [5.74, 6) is -0.694. The highest BCUT2D eigenvalue weighted by Crippen LogP contribution is 2.40. The molecule has 4 nitrogen and oxygen atoms in total. The highest BCUT2D eigenvalue weighted by molar-refractivity contribution is 8.15. The average molecular weight is 184 g/mol. The summed E-state index contributed by atoms with van der Waals surface area (Å²) < 4.78 is 0. The number of Topliss-reactive ketones (excluding diaryl/α,β-unsaturated/α-hetero) is 1. The molecule has 64 valence electrons. The van der Waals surface area contributed by atoms with Crippen LogP contribution in [-0.4, -0.2) is 22.1 Å². The highest BCUT2D eigenvalue weighted by Gasteiger charge is 2.42. The van der Waals surface area contributed by atoms with Crippen LogP contribution in [0.2, 0.25) is 0 Å². The number of thioether (sulfide) groups is 1. The van der Waals surface area contributed by atoms with Crippen molar-refractivity contribution in [3.8, 4) is 0 Å². The van der Waals surface area contributed by atoms with E-state index in [9.17, 15) is 9.59 Å². The molecule has 0 aromatic rings. The van der Waals surface area contributed by atoms with Crippen molar-refractivity contribution in [3.63, 3.8) is 0 Å². The van der Waals surface area contributed by atoms with Gasteiger partial charge in [-0.1, -0.05) is 11.8 Å². The van der Waals surface area contributed by atoms with Gasteiger partial charge in [0.1, 0.15) is 0 Å². The van der Waals surface area contributed by atoms with Crippen LogP contribution in [0.1, 0.15) is 12.8 Å². The Bertz CT molecular complexity index is 283. The van der Waals surface area contributed by atoms with Crippen molar-refractivity contribution in [2.75, 3.05) is 0 Å². The van der Waals surface area contributed by atoms with Gasteiger partial charge in [-0.3, -0.25) is 9.59 Å². The average Bonchev–Trinajstić information content (AvgIpc) is 2.79. The van der Waals surface area contributed by atoms with E-state index < -0.39 is 5.91 Å². The molecule has 0 spiro atoms. The first-order valence-electron chi connectivity index (χ1n) is 3.77. The van der Waals surface area contributed by atoms with Gasteiger partial charge in [0.25, 0.3) is 0 Å².